The standard InChI is InChI=1S/C18H14Cl2N4O/c19-14-4-5-15(20)16(8-14)24-17-6-3-13(11-22-17)18(25)23-10-12-2-1-7-21-9-12/h1-9,11H,10H2,(H,22,24)(H,23,25). The van der Waals surface area contributed by atoms with Crippen LogP contribution in [0.2, 0.25) is 10.0 Å². The fraction of sp³-hybridized carbons (Fsp3) is 0.0556. The van der Waals surface area contributed by atoms with Crippen LogP contribution in [-0.2, 0) is 6.54 Å². The van der Waals surface area contributed by atoms with E-state index < -0.39 is 0 Å². The molecular formula is C18H14Cl2N4O. The molecule has 1 amide bonds. The van der Waals surface area contributed by atoms with E-state index in [2.05, 4.69) is 20.6 Å². The van der Waals surface area contributed by atoms with Crippen LogP contribution in [0.3, 0.4) is 0 Å². The maximum Gasteiger partial charge on any atom is 0.253 e. The van der Waals surface area contributed by atoms with Crippen LogP contribution >= 0.6 is 23.2 Å². The molecule has 3 rings (SSSR count). The van der Waals surface area contributed by atoms with E-state index >= 15 is 0 Å². The SMILES string of the molecule is O=C(NCc1cccnc1)c1ccc(Nc2cc(Cl)ccc2Cl)nc1. The zero-order valence-corrected chi connectivity index (χ0v) is 14.6. The van der Waals surface area contributed by atoms with E-state index in [9.17, 15) is 4.79 Å². The summed E-state index contributed by atoms with van der Waals surface area (Å²) in [6, 6.07) is 12.2. The van der Waals surface area contributed by atoms with Crippen molar-refractivity contribution in [3.8, 4) is 0 Å². The smallest absolute Gasteiger partial charge is 0.253 e. The third-order valence-electron chi connectivity index (χ3n) is 3.39. The molecule has 0 aliphatic carbocycles. The van der Waals surface area contributed by atoms with Crippen molar-refractivity contribution in [2.24, 2.45) is 0 Å². The predicted molar refractivity (Wildman–Crippen MR) is 99.4 cm³/mol. The van der Waals surface area contributed by atoms with Gasteiger partial charge in [-0.1, -0.05) is 29.3 Å². The Bertz CT molecular complexity index is 870. The molecule has 0 atom stereocenters. The topological polar surface area (TPSA) is 66.9 Å². The van der Waals surface area contributed by atoms with Gasteiger partial charge in [0.15, 0.2) is 0 Å². The van der Waals surface area contributed by atoms with Gasteiger partial charge in [-0.3, -0.25) is 9.78 Å². The Morgan fingerprint density at radius 2 is 1.96 bits per heavy atom. The molecule has 2 N–H and O–H groups in total. The molecule has 2 aromatic heterocycles. The lowest BCUT2D eigenvalue weighted by Gasteiger charge is -2.09. The highest BCUT2D eigenvalue weighted by Gasteiger charge is 2.07. The van der Waals surface area contributed by atoms with E-state index in [0.717, 1.165) is 5.56 Å². The average Bonchev–Trinajstić information content (AvgIpc) is 2.64. The Morgan fingerprint density at radius 3 is 2.68 bits per heavy atom. The van der Waals surface area contributed by atoms with E-state index in [1.54, 1.807) is 42.7 Å². The van der Waals surface area contributed by atoms with E-state index in [4.69, 9.17) is 23.2 Å². The number of rotatable bonds is 5. The van der Waals surface area contributed by atoms with Crippen molar-refractivity contribution >= 4 is 40.6 Å². The third kappa shape index (κ3) is 4.68. The summed E-state index contributed by atoms with van der Waals surface area (Å²) < 4.78 is 0. The van der Waals surface area contributed by atoms with Gasteiger partial charge in [0, 0.05) is 30.2 Å². The number of nitrogens with one attached hydrogen (secondary N) is 2. The second kappa shape index (κ2) is 7.96. The minimum Gasteiger partial charge on any atom is -0.348 e. The van der Waals surface area contributed by atoms with Crippen LogP contribution in [0.25, 0.3) is 0 Å². The van der Waals surface area contributed by atoms with Crippen molar-refractivity contribution in [1.29, 1.82) is 0 Å². The molecule has 5 nitrogen and oxygen atoms in total. The van der Waals surface area contributed by atoms with Crippen molar-refractivity contribution in [3.05, 3.63) is 82.2 Å². The Kier molecular flexibility index (Phi) is 5.48. The van der Waals surface area contributed by atoms with Gasteiger partial charge in [0.25, 0.3) is 5.91 Å². The molecule has 0 spiro atoms. The Hall–Kier alpha value is -2.63. The molecule has 0 saturated carbocycles. The fourth-order valence-electron chi connectivity index (χ4n) is 2.12. The lowest BCUT2D eigenvalue weighted by molar-refractivity contribution is 0.0950. The Balaban J connectivity index is 1.63. The zero-order valence-electron chi connectivity index (χ0n) is 13.0. The molecule has 0 unspecified atom stereocenters. The van der Waals surface area contributed by atoms with Gasteiger partial charge in [-0.15, -0.1) is 0 Å². The summed E-state index contributed by atoms with van der Waals surface area (Å²) in [5.74, 6) is 0.358. The lowest BCUT2D eigenvalue weighted by Crippen LogP contribution is -2.22. The number of aromatic nitrogens is 2. The van der Waals surface area contributed by atoms with Crippen LogP contribution in [0, 0.1) is 0 Å². The third-order valence-corrected chi connectivity index (χ3v) is 3.96. The second-order valence-corrected chi connectivity index (χ2v) is 6.07. The van der Waals surface area contributed by atoms with Gasteiger partial charge >= 0.3 is 0 Å². The summed E-state index contributed by atoms with van der Waals surface area (Å²) in [5, 5.41) is 6.99. The molecule has 0 fully saturated rings. The van der Waals surface area contributed by atoms with Crippen LogP contribution in [0.5, 0.6) is 0 Å². The minimum atomic E-state index is -0.205. The van der Waals surface area contributed by atoms with Gasteiger partial charge in [-0.05, 0) is 42.0 Å². The average molecular weight is 373 g/mol. The molecule has 2 heterocycles. The number of hydrogen-bond donors (Lipinski definition) is 2. The number of pyridine rings is 2. The maximum absolute atomic E-state index is 12.2. The summed E-state index contributed by atoms with van der Waals surface area (Å²) in [5.41, 5.74) is 2.04. The molecule has 0 aliphatic rings. The van der Waals surface area contributed by atoms with Crippen LogP contribution in [0.4, 0.5) is 11.5 Å². The fourth-order valence-corrected chi connectivity index (χ4v) is 2.46. The summed E-state index contributed by atoms with van der Waals surface area (Å²) in [6.45, 7) is 0.408. The van der Waals surface area contributed by atoms with Gasteiger partial charge in [-0.2, -0.15) is 0 Å². The maximum atomic E-state index is 12.2. The number of amides is 1. The number of carbonyl (C=O) groups excluding carboxylic acids is 1. The summed E-state index contributed by atoms with van der Waals surface area (Å²) >= 11 is 12.1. The largest absolute Gasteiger partial charge is 0.348 e. The van der Waals surface area contributed by atoms with E-state index in [1.165, 1.54) is 6.20 Å². The van der Waals surface area contributed by atoms with Crippen LogP contribution < -0.4 is 10.6 Å². The summed E-state index contributed by atoms with van der Waals surface area (Å²) in [7, 11) is 0. The van der Waals surface area contributed by atoms with Crippen molar-refractivity contribution < 1.29 is 4.79 Å². The monoisotopic (exact) mass is 372 g/mol. The van der Waals surface area contributed by atoms with Crippen molar-refractivity contribution in [2.75, 3.05) is 5.32 Å². The second-order valence-electron chi connectivity index (χ2n) is 5.23. The molecular weight excluding hydrogens is 359 g/mol. The van der Waals surface area contributed by atoms with Gasteiger partial charge in [0.2, 0.25) is 0 Å². The number of nitrogens with zero attached hydrogens (tertiary/aromatic N) is 2. The number of hydrogen-bond acceptors (Lipinski definition) is 4. The number of halogens is 2. The van der Waals surface area contributed by atoms with Gasteiger partial charge in [0.1, 0.15) is 5.82 Å². The van der Waals surface area contributed by atoms with Crippen LogP contribution in [-0.4, -0.2) is 15.9 Å². The number of carbonyl (C=O) groups is 1. The molecule has 126 valence electrons. The minimum absolute atomic E-state index is 0.205. The molecule has 0 bridgehead atoms. The summed E-state index contributed by atoms with van der Waals surface area (Å²) in [6.07, 6.45) is 4.90. The van der Waals surface area contributed by atoms with Crippen molar-refractivity contribution in [3.63, 3.8) is 0 Å². The first-order valence-corrected chi connectivity index (χ1v) is 8.22. The van der Waals surface area contributed by atoms with E-state index in [1.807, 2.05) is 12.1 Å². The lowest BCUT2D eigenvalue weighted by atomic mass is 10.2. The molecule has 0 radical (unpaired) electrons. The van der Waals surface area contributed by atoms with Gasteiger partial charge < -0.3 is 10.6 Å². The number of benzene rings is 1. The van der Waals surface area contributed by atoms with Crippen molar-refractivity contribution in [2.45, 2.75) is 6.54 Å². The van der Waals surface area contributed by atoms with Crippen molar-refractivity contribution in [1.82, 2.24) is 15.3 Å². The van der Waals surface area contributed by atoms with Gasteiger partial charge in [-0.25, -0.2) is 4.98 Å². The van der Waals surface area contributed by atoms with Gasteiger partial charge in [0.05, 0.1) is 16.3 Å². The Morgan fingerprint density at radius 1 is 1.08 bits per heavy atom. The van der Waals surface area contributed by atoms with E-state index in [-0.39, 0.29) is 5.91 Å². The number of anilines is 2. The Labute approximate surface area is 155 Å². The first-order valence-electron chi connectivity index (χ1n) is 7.47. The first-order chi connectivity index (χ1) is 12.1. The van der Waals surface area contributed by atoms with E-state index in [0.29, 0.717) is 33.7 Å². The highest BCUT2D eigenvalue weighted by Crippen LogP contribution is 2.27. The summed E-state index contributed by atoms with van der Waals surface area (Å²) in [4.78, 5) is 20.4. The normalized spacial score (nSPS) is 10.3. The highest BCUT2D eigenvalue weighted by atomic mass is 35.5. The molecule has 7 heteroatoms. The first kappa shape index (κ1) is 17.2. The quantitative estimate of drug-likeness (QED) is 0.693. The zero-order chi connectivity index (χ0) is 17.6. The van der Waals surface area contributed by atoms with Crippen LogP contribution in [0.1, 0.15) is 15.9 Å². The predicted octanol–water partition coefficient (Wildman–Crippen LogP) is 4.46. The van der Waals surface area contributed by atoms with Crippen LogP contribution in [0.15, 0.2) is 61.1 Å². The molecule has 0 saturated heterocycles. The molecule has 25 heavy (non-hydrogen) atoms. The molecule has 1 aromatic carbocycles. The molecule has 3 aromatic rings. The molecule has 0 aliphatic heterocycles. The highest BCUT2D eigenvalue weighted by molar-refractivity contribution is 6.35.